The molecule has 0 radical (unpaired) electrons. The van der Waals surface area contributed by atoms with Gasteiger partial charge in [0.25, 0.3) is 0 Å². The smallest absolute Gasteiger partial charge is 0.178 e. The topological polar surface area (TPSA) is 41.6 Å². The first-order valence-electron chi connectivity index (χ1n) is 5.10. The second-order valence-corrected chi connectivity index (χ2v) is 5.51. The number of benzene rings is 1. The van der Waals surface area contributed by atoms with Crippen molar-refractivity contribution in [1.82, 2.24) is 15.0 Å². The van der Waals surface area contributed by atoms with Gasteiger partial charge in [0.05, 0.1) is 9.99 Å². The van der Waals surface area contributed by atoms with Gasteiger partial charge in [0, 0.05) is 16.2 Å². The van der Waals surface area contributed by atoms with Gasteiger partial charge in [0.15, 0.2) is 5.65 Å². The van der Waals surface area contributed by atoms with Crippen LogP contribution in [0.4, 0.5) is 4.39 Å². The van der Waals surface area contributed by atoms with Crippen LogP contribution in [0.5, 0.6) is 0 Å². The number of nitrogens with zero attached hydrogens (tertiary/aromatic N) is 2. The van der Waals surface area contributed by atoms with E-state index in [1.807, 2.05) is 6.07 Å². The van der Waals surface area contributed by atoms with Crippen molar-refractivity contribution in [1.29, 1.82) is 0 Å². The van der Waals surface area contributed by atoms with Crippen LogP contribution < -0.4 is 0 Å². The summed E-state index contributed by atoms with van der Waals surface area (Å²) >= 11 is 6.51. The van der Waals surface area contributed by atoms with Gasteiger partial charge in [-0.05, 0) is 56.1 Å². The molecule has 18 heavy (non-hydrogen) atoms. The summed E-state index contributed by atoms with van der Waals surface area (Å²) in [6.45, 7) is 0. The van der Waals surface area contributed by atoms with Gasteiger partial charge in [-0.15, -0.1) is 0 Å². The third-order valence-corrected chi connectivity index (χ3v) is 3.54. The van der Waals surface area contributed by atoms with Crippen molar-refractivity contribution >= 4 is 43.0 Å². The number of fused-ring (bicyclic) bond motifs is 1. The Kier molecular flexibility index (Phi) is 2.91. The lowest BCUT2D eigenvalue weighted by molar-refractivity contribution is 0.621. The molecule has 0 saturated heterocycles. The largest absolute Gasteiger partial charge is 0.337 e. The predicted octanol–water partition coefficient (Wildman–Crippen LogP) is 4.29. The Morgan fingerprint density at radius 1 is 1.17 bits per heavy atom. The fraction of sp³-hybridized carbons (Fsp3) is 0. The molecule has 1 N–H and O–H groups in total. The van der Waals surface area contributed by atoms with E-state index in [2.05, 4.69) is 46.8 Å². The van der Waals surface area contributed by atoms with Gasteiger partial charge in [0.2, 0.25) is 0 Å². The normalized spacial score (nSPS) is 11.1. The number of rotatable bonds is 1. The number of halogens is 3. The highest BCUT2D eigenvalue weighted by molar-refractivity contribution is 9.10. The molecule has 0 atom stereocenters. The van der Waals surface area contributed by atoms with Crippen molar-refractivity contribution in [2.75, 3.05) is 0 Å². The van der Waals surface area contributed by atoms with E-state index in [0.717, 1.165) is 15.6 Å². The maximum atomic E-state index is 13.2. The summed E-state index contributed by atoms with van der Waals surface area (Å²) in [7, 11) is 0. The highest BCUT2D eigenvalue weighted by Gasteiger charge is 2.08. The maximum Gasteiger partial charge on any atom is 0.178 e. The van der Waals surface area contributed by atoms with Crippen LogP contribution in [0.3, 0.4) is 0 Å². The van der Waals surface area contributed by atoms with E-state index >= 15 is 0 Å². The Labute approximate surface area is 119 Å². The minimum atomic E-state index is -0.296. The summed E-state index contributed by atoms with van der Waals surface area (Å²) in [6, 6.07) is 6.66. The molecule has 0 saturated carbocycles. The third kappa shape index (κ3) is 2.06. The number of imidazole rings is 1. The number of nitrogens with one attached hydrogen (secondary N) is 1. The third-order valence-electron chi connectivity index (χ3n) is 2.50. The van der Waals surface area contributed by atoms with E-state index in [9.17, 15) is 4.39 Å². The molecule has 0 fully saturated rings. The molecule has 3 aromatic rings. The lowest BCUT2D eigenvalue weighted by Crippen LogP contribution is -1.83. The van der Waals surface area contributed by atoms with E-state index in [1.165, 1.54) is 6.07 Å². The molecule has 1 aromatic carbocycles. The van der Waals surface area contributed by atoms with Crippen molar-refractivity contribution in [3.05, 3.63) is 45.2 Å². The monoisotopic (exact) mass is 369 g/mol. The number of H-pyrrole nitrogens is 1. The van der Waals surface area contributed by atoms with E-state index in [0.29, 0.717) is 15.9 Å². The molecular formula is C12H6Br2FN3. The summed E-state index contributed by atoms with van der Waals surface area (Å²) < 4.78 is 14.5. The molecule has 2 heterocycles. The zero-order valence-electron chi connectivity index (χ0n) is 8.92. The van der Waals surface area contributed by atoms with Crippen molar-refractivity contribution < 1.29 is 4.39 Å². The summed E-state index contributed by atoms with van der Waals surface area (Å²) in [5.41, 5.74) is 2.27. The van der Waals surface area contributed by atoms with Gasteiger partial charge < -0.3 is 4.98 Å². The molecule has 0 bridgehead atoms. The van der Waals surface area contributed by atoms with Crippen LogP contribution in [0.1, 0.15) is 0 Å². The summed E-state index contributed by atoms with van der Waals surface area (Å²) in [6.07, 6.45) is 1.69. The highest BCUT2D eigenvalue weighted by Crippen LogP contribution is 2.25. The first-order valence-corrected chi connectivity index (χ1v) is 6.69. The van der Waals surface area contributed by atoms with E-state index in [1.54, 1.807) is 18.3 Å². The summed E-state index contributed by atoms with van der Waals surface area (Å²) in [5, 5.41) is 0. The molecule has 3 nitrogen and oxygen atoms in total. The summed E-state index contributed by atoms with van der Waals surface area (Å²) in [5.74, 6) is 0.368. The van der Waals surface area contributed by atoms with Crippen LogP contribution >= 0.6 is 31.9 Å². The SMILES string of the molecule is Fc1ccc(-c2nc3ncc(Br)cc3[nH]2)cc1Br. The molecule has 2 aromatic heterocycles. The molecule has 0 amide bonds. The minimum absolute atomic E-state index is 0.296. The molecule has 3 rings (SSSR count). The molecular weight excluding hydrogens is 365 g/mol. The van der Waals surface area contributed by atoms with Crippen molar-refractivity contribution in [3.8, 4) is 11.4 Å². The average molecular weight is 371 g/mol. The van der Waals surface area contributed by atoms with Crippen molar-refractivity contribution in [2.24, 2.45) is 0 Å². The van der Waals surface area contributed by atoms with Crippen LogP contribution in [0.2, 0.25) is 0 Å². The van der Waals surface area contributed by atoms with E-state index < -0.39 is 0 Å². The van der Waals surface area contributed by atoms with Crippen LogP contribution in [0.25, 0.3) is 22.6 Å². The van der Waals surface area contributed by atoms with Crippen LogP contribution in [-0.2, 0) is 0 Å². The van der Waals surface area contributed by atoms with Crippen LogP contribution in [0, 0.1) is 5.82 Å². The highest BCUT2D eigenvalue weighted by atomic mass is 79.9. The quantitative estimate of drug-likeness (QED) is 0.694. The van der Waals surface area contributed by atoms with Gasteiger partial charge in [0.1, 0.15) is 11.6 Å². The van der Waals surface area contributed by atoms with Gasteiger partial charge in [-0.1, -0.05) is 0 Å². The number of hydrogen-bond acceptors (Lipinski definition) is 2. The molecule has 90 valence electrons. The number of aromatic amines is 1. The molecule has 0 spiro atoms. The zero-order chi connectivity index (χ0) is 12.7. The standard InChI is InChI=1S/C12H6Br2FN3/c13-7-4-10-12(16-5-7)18-11(17-10)6-1-2-9(15)8(14)3-6/h1-5H,(H,16,17,18). The maximum absolute atomic E-state index is 13.2. The van der Waals surface area contributed by atoms with Crippen molar-refractivity contribution in [3.63, 3.8) is 0 Å². The lowest BCUT2D eigenvalue weighted by Gasteiger charge is -1.98. The Morgan fingerprint density at radius 2 is 2.00 bits per heavy atom. The molecule has 6 heteroatoms. The van der Waals surface area contributed by atoms with Gasteiger partial charge >= 0.3 is 0 Å². The van der Waals surface area contributed by atoms with Crippen molar-refractivity contribution in [2.45, 2.75) is 0 Å². The first-order chi connectivity index (χ1) is 8.63. The van der Waals surface area contributed by atoms with Crippen LogP contribution in [-0.4, -0.2) is 15.0 Å². The van der Waals surface area contributed by atoms with E-state index in [-0.39, 0.29) is 5.82 Å². The fourth-order valence-corrected chi connectivity index (χ4v) is 2.36. The second-order valence-electron chi connectivity index (χ2n) is 3.74. The summed E-state index contributed by atoms with van der Waals surface area (Å²) in [4.78, 5) is 11.7. The zero-order valence-corrected chi connectivity index (χ0v) is 12.1. The van der Waals surface area contributed by atoms with Gasteiger partial charge in [-0.2, -0.15) is 0 Å². The predicted molar refractivity (Wildman–Crippen MR) is 74.7 cm³/mol. The van der Waals surface area contributed by atoms with Gasteiger partial charge in [-0.3, -0.25) is 0 Å². The average Bonchev–Trinajstić information content (AvgIpc) is 2.75. The first kappa shape index (κ1) is 11.8. The second kappa shape index (κ2) is 4.44. The molecule has 0 aliphatic heterocycles. The number of pyridine rings is 1. The van der Waals surface area contributed by atoms with Crippen LogP contribution in [0.15, 0.2) is 39.4 Å². The number of hydrogen-bond donors (Lipinski definition) is 1. The fourth-order valence-electron chi connectivity index (χ4n) is 1.65. The minimum Gasteiger partial charge on any atom is -0.337 e. The Bertz CT molecular complexity index is 739. The molecule has 0 aliphatic rings. The number of aromatic nitrogens is 3. The van der Waals surface area contributed by atoms with E-state index in [4.69, 9.17) is 0 Å². The Balaban J connectivity index is 2.16. The molecule has 0 aliphatic carbocycles. The Hall–Kier alpha value is -1.27. The lowest BCUT2D eigenvalue weighted by atomic mass is 10.2. The van der Waals surface area contributed by atoms with Gasteiger partial charge in [-0.25, -0.2) is 14.4 Å². The molecule has 0 unspecified atom stereocenters. The Morgan fingerprint density at radius 3 is 2.78 bits per heavy atom.